The maximum absolute atomic E-state index is 12.3. The summed E-state index contributed by atoms with van der Waals surface area (Å²) in [5, 5.41) is 5.01. The lowest BCUT2D eigenvalue weighted by molar-refractivity contribution is 0.103. The summed E-state index contributed by atoms with van der Waals surface area (Å²) in [6.07, 6.45) is 1.62. The SMILES string of the molecule is COc1ccc(-n2c(N)c(C(=O)Nc3nccs3)sc2=S)cc1. The molecule has 1 aromatic carbocycles. The molecule has 0 atom stereocenters. The van der Waals surface area contributed by atoms with Crippen LogP contribution in [0.25, 0.3) is 5.69 Å². The predicted octanol–water partition coefficient (Wildman–Crippen LogP) is 3.57. The second kappa shape index (κ2) is 6.49. The van der Waals surface area contributed by atoms with Gasteiger partial charge < -0.3 is 10.5 Å². The normalized spacial score (nSPS) is 10.5. The van der Waals surface area contributed by atoms with Crippen molar-refractivity contribution in [2.75, 3.05) is 18.2 Å². The van der Waals surface area contributed by atoms with Crippen LogP contribution in [0.3, 0.4) is 0 Å². The number of amides is 1. The molecule has 0 saturated heterocycles. The summed E-state index contributed by atoms with van der Waals surface area (Å²) in [5.74, 6) is 0.718. The Morgan fingerprint density at radius 1 is 1.39 bits per heavy atom. The molecule has 0 aliphatic carbocycles. The minimum absolute atomic E-state index is 0.305. The molecule has 3 N–H and O–H groups in total. The standard InChI is InChI=1S/C14H12N4O2S3/c1-20-9-4-2-8(3-5-9)18-11(15)10(23-14(18)21)12(19)17-13-16-6-7-22-13/h2-7H,15H2,1H3,(H,16,17,19). The average Bonchev–Trinajstić information content (AvgIpc) is 3.15. The van der Waals surface area contributed by atoms with E-state index in [0.717, 1.165) is 22.8 Å². The number of hydrogen-bond donors (Lipinski definition) is 2. The molecule has 3 aromatic rings. The van der Waals surface area contributed by atoms with E-state index in [9.17, 15) is 4.79 Å². The molecule has 3 rings (SSSR count). The van der Waals surface area contributed by atoms with Gasteiger partial charge in [0.2, 0.25) is 0 Å². The summed E-state index contributed by atoms with van der Waals surface area (Å²) in [5.41, 5.74) is 6.91. The number of nitrogens with one attached hydrogen (secondary N) is 1. The van der Waals surface area contributed by atoms with E-state index in [1.165, 1.54) is 11.3 Å². The number of benzene rings is 1. The average molecular weight is 364 g/mol. The molecule has 118 valence electrons. The summed E-state index contributed by atoms with van der Waals surface area (Å²) in [6.45, 7) is 0. The lowest BCUT2D eigenvalue weighted by Crippen LogP contribution is -2.13. The number of ether oxygens (including phenoxy) is 1. The van der Waals surface area contributed by atoms with Crippen LogP contribution in [0.5, 0.6) is 5.75 Å². The van der Waals surface area contributed by atoms with Crippen LogP contribution in [-0.4, -0.2) is 22.6 Å². The number of carbonyl (C=O) groups excluding carboxylic acids is 1. The van der Waals surface area contributed by atoms with Gasteiger partial charge in [-0.05, 0) is 36.5 Å². The van der Waals surface area contributed by atoms with Crippen molar-refractivity contribution in [3.05, 3.63) is 44.7 Å². The quantitative estimate of drug-likeness (QED) is 0.692. The van der Waals surface area contributed by atoms with Crippen molar-refractivity contribution >= 4 is 51.7 Å². The van der Waals surface area contributed by atoms with E-state index in [1.807, 2.05) is 24.3 Å². The molecule has 0 aliphatic heterocycles. The first-order valence-electron chi connectivity index (χ1n) is 6.46. The second-order valence-electron chi connectivity index (χ2n) is 4.41. The third-order valence-corrected chi connectivity index (χ3v) is 5.11. The van der Waals surface area contributed by atoms with Gasteiger partial charge in [0.05, 0.1) is 7.11 Å². The molecule has 0 bridgehead atoms. The number of hydrogen-bond acceptors (Lipinski definition) is 7. The second-order valence-corrected chi connectivity index (χ2v) is 6.95. The predicted molar refractivity (Wildman–Crippen MR) is 95.5 cm³/mol. The topological polar surface area (TPSA) is 82.2 Å². The maximum atomic E-state index is 12.3. The number of thiazole rings is 2. The minimum atomic E-state index is -0.319. The lowest BCUT2D eigenvalue weighted by Gasteiger charge is -2.07. The van der Waals surface area contributed by atoms with Crippen LogP contribution in [0.4, 0.5) is 10.9 Å². The first kappa shape index (κ1) is 15.7. The largest absolute Gasteiger partial charge is 0.497 e. The van der Waals surface area contributed by atoms with Gasteiger partial charge in [0, 0.05) is 17.3 Å². The molecule has 2 heterocycles. The molecule has 9 heteroatoms. The van der Waals surface area contributed by atoms with E-state index in [0.29, 0.717) is 19.8 Å². The fraction of sp³-hybridized carbons (Fsp3) is 0.0714. The first-order valence-corrected chi connectivity index (χ1v) is 8.57. The molecule has 6 nitrogen and oxygen atoms in total. The summed E-state index contributed by atoms with van der Waals surface area (Å²) >= 11 is 7.85. The van der Waals surface area contributed by atoms with Gasteiger partial charge in [0.15, 0.2) is 9.09 Å². The minimum Gasteiger partial charge on any atom is -0.497 e. The Balaban J connectivity index is 1.95. The molecule has 0 fully saturated rings. The van der Waals surface area contributed by atoms with E-state index in [-0.39, 0.29) is 5.91 Å². The van der Waals surface area contributed by atoms with E-state index in [1.54, 1.807) is 23.3 Å². The van der Waals surface area contributed by atoms with E-state index < -0.39 is 0 Å². The van der Waals surface area contributed by atoms with Crippen LogP contribution in [0.15, 0.2) is 35.8 Å². The zero-order valence-electron chi connectivity index (χ0n) is 12.0. The Morgan fingerprint density at radius 3 is 2.74 bits per heavy atom. The van der Waals surface area contributed by atoms with Gasteiger partial charge in [-0.25, -0.2) is 4.98 Å². The first-order chi connectivity index (χ1) is 11.1. The Labute approximate surface area is 145 Å². The monoisotopic (exact) mass is 364 g/mol. The smallest absolute Gasteiger partial charge is 0.271 e. The summed E-state index contributed by atoms with van der Waals surface area (Å²) in [6, 6.07) is 7.29. The number of carbonyl (C=O) groups is 1. The zero-order valence-corrected chi connectivity index (χ0v) is 14.4. The molecule has 0 spiro atoms. The number of methoxy groups -OCH3 is 1. The Kier molecular flexibility index (Phi) is 4.42. The summed E-state index contributed by atoms with van der Waals surface area (Å²) < 4.78 is 7.29. The molecular weight excluding hydrogens is 352 g/mol. The summed E-state index contributed by atoms with van der Waals surface area (Å²) in [4.78, 5) is 16.7. The van der Waals surface area contributed by atoms with Gasteiger partial charge in [-0.2, -0.15) is 0 Å². The van der Waals surface area contributed by atoms with Crippen molar-refractivity contribution in [1.82, 2.24) is 9.55 Å². The summed E-state index contributed by atoms with van der Waals surface area (Å²) in [7, 11) is 1.60. The number of nitrogens with two attached hydrogens (primary N) is 1. The Hall–Kier alpha value is -2.23. The fourth-order valence-electron chi connectivity index (χ4n) is 1.96. The van der Waals surface area contributed by atoms with Gasteiger partial charge in [-0.3, -0.25) is 14.7 Å². The van der Waals surface area contributed by atoms with Crippen molar-refractivity contribution < 1.29 is 9.53 Å². The van der Waals surface area contributed by atoms with Gasteiger partial charge in [-0.1, -0.05) is 11.3 Å². The van der Waals surface area contributed by atoms with Crippen LogP contribution < -0.4 is 15.8 Å². The van der Waals surface area contributed by atoms with Gasteiger partial charge in [-0.15, -0.1) is 11.3 Å². The van der Waals surface area contributed by atoms with E-state index >= 15 is 0 Å². The molecule has 0 unspecified atom stereocenters. The van der Waals surface area contributed by atoms with Crippen molar-refractivity contribution in [2.45, 2.75) is 0 Å². The van der Waals surface area contributed by atoms with Gasteiger partial charge in [0.1, 0.15) is 16.4 Å². The van der Waals surface area contributed by atoms with Crippen LogP contribution in [0.2, 0.25) is 0 Å². The number of anilines is 2. The van der Waals surface area contributed by atoms with Crippen molar-refractivity contribution in [3.8, 4) is 11.4 Å². The number of aromatic nitrogens is 2. The van der Waals surface area contributed by atoms with Crippen LogP contribution in [-0.2, 0) is 0 Å². The van der Waals surface area contributed by atoms with Gasteiger partial charge >= 0.3 is 0 Å². The van der Waals surface area contributed by atoms with E-state index in [2.05, 4.69) is 10.3 Å². The highest BCUT2D eigenvalue weighted by Crippen LogP contribution is 2.28. The molecule has 1 amide bonds. The van der Waals surface area contributed by atoms with Crippen LogP contribution >= 0.6 is 34.9 Å². The Bertz CT molecular complexity index is 882. The lowest BCUT2D eigenvalue weighted by atomic mass is 10.3. The zero-order chi connectivity index (χ0) is 16.4. The molecule has 0 saturated carbocycles. The van der Waals surface area contributed by atoms with Crippen molar-refractivity contribution in [3.63, 3.8) is 0 Å². The van der Waals surface area contributed by atoms with Crippen molar-refractivity contribution in [2.24, 2.45) is 0 Å². The third-order valence-electron chi connectivity index (χ3n) is 3.04. The molecule has 2 aromatic heterocycles. The third kappa shape index (κ3) is 3.11. The number of nitrogens with zero attached hydrogens (tertiary/aromatic N) is 2. The van der Waals surface area contributed by atoms with Crippen LogP contribution in [0, 0.1) is 3.95 Å². The number of nitrogen functional groups attached to an aromatic ring is 1. The van der Waals surface area contributed by atoms with Crippen LogP contribution in [0.1, 0.15) is 9.67 Å². The van der Waals surface area contributed by atoms with E-state index in [4.69, 9.17) is 22.7 Å². The molecular formula is C14H12N4O2S3. The molecule has 0 aliphatic rings. The molecule has 23 heavy (non-hydrogen) atoms. The highest BCUT2D eigenvalue weighted by molar-refractivity contribution is 7.73. The highest BCUT2D eigenvalue weighted by Gasteiger charge is 2.18. The maximum Gasteiger partial charge on any atom is 0.271 e. The highest BCUT2D eigenvalue weighted by atomic mass is 32.1. The molecule has 0 radical (unpaired) electrons. The van der Waals surface area contributed by atoms with Gasteiger partial charge in [0.25, 0.3) is 5.91 Å². The Morgan fingerprint density at radius 2 is 2.13 bits per heavy atom. The fourth-order valence-corrected chi connectivity index (χ4v) is 3.75. The number of rotatable bonds is 4. The van der Waals surface area contributed by atoms with Crippen molar-refractivity contribution in [1.29, 1.82) is 0 Å².